The van der Waals surface area contributed by atoms with E-state index in [0.717, 1.165) is 32.9 Å². The number of fused-ring (bicyclic) bond motifs is 2. The molecule has 1 saturated heterocycles. The van der Waals surface area contributed by atoms with Crippen molar-refractivity contribution in [3.05, 3.63) is 60.2 Å². The Morgan fingerprint density at radius 1 is 1.03 bits per heavy atom. The molecule has 0 N–H and O–H groups in total. The summed E-state index contributed by atoms with van der Waals surface area (Å²) >= 11 is 1.61. The summed E-state index contributed by atoms with van der Waals surface area (Å²) in [7, 11) is 1.66. The third-order valence-corrected chi connectivity index (χ3v) is 7.31. The summed E-state index contributed by atoms with van der Waals surface area (Å²) in [5, 5.41) is 3.17. The van der Waals surface area contributed by atoms with Crippen molar-refractivity contribution in [3.8, 4) is 28.4 Å². The van der Waals surface area contributed by atoms with Crippen LogP contribution in [-0.4, -0.2) is 66.8 Å². The molecule has 8 nitrogen and oxygen atoms in total. The molecular formula is C26H24N4O4S. The highest BCUT2D eigenvalue weighted by atomic mass is 32.1. The van der Waals surface area contributed by atoms with Crippen molar-refractivity contribution in [2.24, 2.45) is 0 Å². The maximum atomic E-state index is 13.1. The fourth-order valence-electron chi connectivity index (χ4n) is 4.57. The molecule has 178 valence electrons. The number of benzene rings is 2. The van der Waals surface area contributed by atoms with Gasteiger partial charge in [-0.1, -0.05) is 24.3 Å². The molecule has 2 aromatic heterocycles. The third kappa shape index (κ3) is 4.01. The smallest absolute Gasteiger partial charge is 0.267 e. The number of hydrogen-bond acceptors (Lipinski definition) is 8. The monoisotopic (exact) mass is 488 g/mol. The van der Waals surface area contributed by atoms with Gasteiger partial charge in [0.2, 0.25) is 6.10 Å². The number of rotatable bonds is 4. The van der Waals surface area contributed by atoms with E-state index in [1.165, 1.54) is 0 Å². The van der Waals surface area contributed by atoms with Crippen molar-refractivity contribution >= 4 is 33.3 Å². The van der Waals surface area contributed by atoms with Gasteiger partial charge in [-0.3, -0.25) is 4.79 Å². The van der Waals surface area contributed by atoms with Gasteiger partial charge < -0.3 is 24.0 Å². The van der Waals surface area contributed by atoms with Crippen LogP contribution in [0.4, 0.5) is 5.82 Å². The molecule has 1 amide bonds. The molecular weight excluding hydrogens is 464 g/mol. The summed E-state index contributed by atoms with van der Waals surface area (Å²) in [5.74, 6) is 2.98. The summed E-state index contributed by atoms with van der Waals surface area (Å²) in [6.07, 6.45) is 0.995. The van der Waals surface area contributed by atoms with Crippen LogP contribution in [0.1, 0.15) is 0 Å². The predicted molar refractivity (Wildman–Crippen MR) is 135 cm³/mol. The minimum absolute atomic E-state index is 0.0403. The van der Waals surface area contributed by atoms with Crippen molar-refractivity contribution in [3.63, 3.8) is 0 Å². The summed E-state index contributed by atoms with van der Waals surface area (Å²) < 4.78 is 17.0. The first kappa shape index (κ1) is 21.7. The van der Waals surface area contributed by atoms with Crippen LogP contribution in [0.5, 0.6) is 17.2 Å². The van der Waals surface area contributed by atoms with Crippen LogP contribution in [0.25, 0.3) is 21.3 Å². The molecule has 0 spiro atoms. The molecule has 2 aliphatic rings. The number of piperazine rings is 1. The van der Waals surface area contributed by atoms with Crippen LogP contribution in [0.2, 0.25) is 0 Å². The molecule has 6 rings (SSSR count). The number of hydrogen-bond donors (Lipinski definition) is 0. The molecule has 35 heavy (non-hydrogen) atoms. The lowest BCUT2D eigenvalue weighted by Gasteiger charge is -2.37. The van der Waals surface area contributed by atoms with Crippen molar-refractivity contribution in [1.29, 1.82) is 0 Å². The van der Waals surface area contributed by atoms with Gasteiger partial charge in [-0.25, -0.2) is 9.97 Å². The second-order valence-corrected chi connectivity index (χ2v) is 9.29. The molecule has 0 saturated carbocycles. The van der Waals surface area contributed by atoms with E-state index >= 15 is 0 Å². The van der Waals surface area contributed by atoms with Gasteiger partial charge in [0.05, 0.1) is 12.5 Å². The van der Waals surface area contributed by atoms with Gasteiger partial charge in [0.25, 0.3) is 5.91 Å². The SMILES string of the molecule is COc1ccc(-c2csc3ncnc(N4CCN(C(=O)[C@@H]5COc6ccccc6O5)CC4)c23)cc1. The van der Waals surface area contributed by atoms with Crippen molar-refractivity contribution in [2.75, 3.05) is 44.8 Å². The topological polar surface area (TPSA) is 77.0 Å². The average Bonchev–Trinajstić information content (AvgIpc) is 3.37. The number of para-hydroxylation sites is 2. The second kappa shape index (κ2) is 9.07. The molecule has 0 radical (unpaired) electrons. The van der Waals surface area contributed by atoms with Crippen LogP contribution in [0, 0.1) is 0 Å². The normalized spacial score (nSPS) is 17.5. The summed E-state index contributed by atoms with van der Waals surface area (Å²) in [5.41, 5.74) is 2.20. The minimum atomic E-state index is -0.624. The number of aromatic nitrogens is 2. The van der Waals surface area contributed by atoms with E-state index in [-0.39, 0.29) is 12.5 Å². The van der Waals surface area contributed by atoms with E-state index in [4.69, 9.17) is 14.2 Å². The maximum absolute atomic E-state index is 13.1. The number of carbonyl (C=O) groups excluding carboxylic acids is 1. The largest absolute Gasteiger partial charge is 0.497 e. The molecule has 1 atom stereocenters. The number of nitrogens with zero attached hydrogens (tertiary/aromatic N) is 4. The Bertz CT molecular complexity index is 1370. The van der Waals surface area contributed by atoms with Gasteiger partial charge in [0.15, 0.2) is 11.5 Å². The Morgan fingerprint density at radius 3 is 2.57 bits per heavy atom. The van der Waals surface area contributed by atoms with Gasteiger partial charge in [-0.05, 0) is 29.8 Å². The number of ether oxygens (including phenoxy) is 3. The number of amides is 1. The Morgan fingerprint density at radius 2 is 1.80 bits per heavy atom. The highest BCUT2D eigenvalue weighted by Gasteiger charge is 2.33. The molecule has 0 aliphatic carbocycles. The Hall–Kier alpha value is -3.85. The fourth-order valence-corrected chi connectivity index (χ4v) is 5.48. The number of thiophene rings is 1. The van der Waals surface area contributed by atoms with Crippen molar-refractivity contribution in [1.82, 2.24) is 14.9 Å². The van der Waals surface area contributed by atoms with Gasteiger partial charge in [-0.15, -0.1) is 11.3 Å². The van der Waals surface area contributed by atoms with E-state index in [0.29, 0.717) is 37.7 Å². The first-order chi connectivity index (χ1) is 17.2. The Kier molecular flexibility index (Phi) is 5.61. The zero-order valence-electron chi connectivity index (χ0n) is 19.2. The van der Waals surface area contributed by atoms with E-state index in [2.05, 4.69) is 32.4 Å². The van der Waals surface area contributed by atoms with Crippen LogP contribution in [0.15, 0.2) is 60.2 Å². The van der Waals surface area contributed by atoms with E-state index < -0.39 is 6.10 Å². The number of anilines is 1. The third-order valence-electron chi connectivity index (χ3n) is 6.43. The van der Waals surface area contributed by atoms with Crippen LogP contribution in [-0.2, 0) is 4.79 Å². The van der Waals surface area contributed by atoms with Gasteiger partial charge in [0, 0.05) is 37.1 Å². The molecule has 9 heteroatoms. The Balaban J connectivity index is 1.19. The zero-order chi connectivity index (χ0) is 23.8. The quantitative estimate of drug-likeness (QED) is 0.432. The average molecular weight is 489 g/mol. The first-order valence-corrected chi connectivity index (χ1v) is 12.4. The molecule has 1 fully saturated rings. The highest BCUT2D eigenvalue weighted by Crippen LogP contribution is 2.38. The number of methoxy groups -OCH3 is 1. The lowest BCUT2D eigenvalue weighted by Crippen LogP contribution is -2.54. The molecule has 2 aliphatic heterocycles. The van der Waals surface area contributed by atoms with Crippen molar-refractivity contribution in [2.45, 2.75) is 6.10 Å². The van der Waals surface area contributed by atoms with Gasteiger partial charge in [0.1, 0.15) is 29.3 Å². The summed E-state index contributed by atoms with van der Waals surface area (Å²) in [6, 6.07) is 15.5. The summed E-state index contributed by atoms with van der Waals surface area (Å²) in [6.45, 7) is 2.77. The Labute approximate surface area is 206 Å². The number of carbonyl (C=O) groups is 1. The first-order valence-electron chi connectivity index (χ1n) is 11.5. The van der Waals surface area contributed by atoms with E-state index in [1.807, 2.05) is 41.3 Å². The molecule has 0 unspecified atom stereocenters. The van der Waals surface area contributed by atoms with Gasteiger partial charge >= 0.3 is 0 Å². The lowest BCUT2D eigenvalue weighted by molar-refractivity contribution is -0.141. The molecule has 2 aromatic carbocycles. The zero-order valence-corrected chi connectivity index (χ0v) is 20.0. The molecule has 4 aromatic rings. The molecule has 4 heterocycles. The molecule has 0 bridgehead atoms. The standard InChI is InChI=1S/C26H24N4O4S/c1-32-18-8-6-17(7-9-18)19-15-35-25-23(19)24(27-16-28-25)29-10-12-30(13-11-29)26(31)22-14-33-20-4-2-3-5-21(20)34-22/h2-9,15-16,22H,10-14H2,1H3/t22-/m0/s1. The van der Waals surface area contributed by atoms with E-state index in [9.17, 15) is 4.79 Å². The minimum Gasteiger partial charge on any atom is -0.497 e. The van der Waals surface area contributed by atoms with Crippen molar-refractivity contribution < 1.29 is 19.0 Å². The van der Waals surface area contributed by atoms with Crippen LogP contribution >= 0.6 is 11.3 Å². The summed E-state index contributed by atoms with van der Waals surface area (Å²) in [4.78, 5) is 27.3. The van der Waals surface area contributed by atoms with Gasteiger partial charge in [-0.2, -0.15) is 0 Å². The van der Waals surface area contributed by atoms with Crippen LogP contribution in [0.3, 0.4) is 0 Å². The second-order valence-electron chi connectivity index (χ2n) is 8.43. The predicted octanol–water partition coefficient (Wildman–Crippen LogP) is 3.86. The lowest BCUT2D eigenvalue weighted by atomic mass is 10.1. The highest BCUT2D eigenvalue weighted by molar-refractivity contribution is 7.17. The fraction of sp³-hybridized carbons (Fsp3) is 0.269. The van der Waals surface area contributed by atoms with E-state index in [1.54, 1.807) is 24.8 Å². The van der Waals surface area contributed by atoms with Crippen LogP contribution < -0.4 is 19.1 Å². The maximum Gasteiger partial charge on any atom is 0.267 e.